The van der Waals surface area contributed by atoms with Gasteiger partial charge in [-0.3, -0.25) is 4.79 Å². The fraction of sp³-hybridized carbons (Fsp3) is 0.136. The average Bonchev–Trinajstić information content (AvgIpc) is 2.75. The van der Waals surface area contributed by atoms with Crippen LogP contribution in [0, 0.1) is 0 Å². The Kier molecular flexibility index (Phi) is 7.56. The number of amides is 1. The predicted molar refractivity (Wildman–Crippen MR) is 122 cm³/mol. The summed E-state index contributed by atoms with van der Waals surface area (Å²) in [6, 6.07) is 20.7. The first-order valence-electron chi connectivity index (χ1n) is 9.24. The van der Waals surface area contributed by atoms with Crippen molar-refractivity contribution >= 4 is 44.8 Å². The molecule has 0 atom stereocenters. The lowest BCUT2D eigenvalue weighted by molar-refractivity contribution is -0.116. The number of hydrogen-bond acceptors (Lipinski definition) is 4. The van der Waals surface area contributed by atoms with Gasteiger partial charge in [-0.1, -0.05) is 53.5 Å². The lowest BCUT2D eigenvalue weighted by Crippen LogP contribution is -2.35. The summed E-state index contributed by atoms with van der Waals surface area (Å²) in [6.07, 6.45) is 0. The van der Waals surface area contributed by atoms with E-state index in [2.05, 4.69) is 5.32 Å². The second-order valence-electron chi connectivity index (χ2n) is 6.68. The zero-order valence-electron chi connectivity index (χ0n) is 16.6. The molecule has 1 N–H and O–H groups in total. The number of nitrogens with zero attached hydrogens (tertiary/aromatic N) is 1. The van der Waals surface area contributed by atoms with Gasteiger partial charge in [0.1, 0.15) is 17.3 Å². The molecule has 0 bridgehead atoms. The average molecular weight is 479 g/mol. The van der Waals surface area contributed by atoms with E-state index in [1.165, 1.54) is 25.2 Å². The van der Waals surface area contributed by atoms with Crippen molar-refractivity contribution in [3.63, 3.8) is 0 Å². The van der Waals surface area contributed by atoms with Gasteiger partial charge in [-0.15, -0.1) is 0 Å². The smallest absolute Gasteiger partial charge is 0.244 e. The van der Waals surface area contributed by atoms with Crippen LogP contribution in [0.3, 0.4) is 0 Å². The first kappa shape index (κ1) is 23.1. The van der Waals surface area contributed by atoms with Crippen molar-refractivity contribution in [2.45, 2.75) is 11.5 Å². The zero-order valence-corrected chi connectivity index (χ0v) is 18.9. The SMILES string of the molecule is CN(CC(=O)Nc1ccc(OCc2ccccc2)cc1)S(=O)(=O)c1cc(Cl)ccc1Cl. The second-order valence-corrected chi connectivity index (χ2v) is 9.54. The van der Waals surface area contributed by atoms with E-state index in [4.69, 9.17) is 27.9 Å². The molecule has 162 valence electrons. The van der Waals surface area contributed by atoms with Gasteiger partial charge >= 0.3 is 0 Å². The van der Waals surface area contributed by atoms with E-state index in [0.717, 1.165) is 9.87 Å². The maximum absolute atomic E-state index is 12.7. The third-order valence-electron chi connectivity index (χ3n) is 4.33. The molecule has 6 nitrogen and oxygen atoms in total. The molecule has 0 heterocycles. The minimum absolute atomic E-state index is 0.0303. The molecule has 0 saturated carbocycles. The van der Waals surface area contributed by atoms with Gasteiger partial charge in [0.25, 0.3) is 0 Å². The molecular weight excluding hydrogens is 459 g/mol. The molecular formula is C22H20Cl2N2O4S. The number of carbonyl (C=O) groups is 1. The first-order valence-corrected chi connectivity index (χ1v) is 11.4. The van der Waals surface area contributed by atoms with Crippen LogP contribution in [-0.4, -0.2) is 32.2 Å². The van der Waals surface area contributed by atoms with Gasteiger partial charge in [-0.05, 0) is 48.0 Å². The van der Waals surface area contributed by atoms with Crippen molar-refractivity contribution in [3.05, 3.63) is 88.4 Å². The van der Waals surface area contributed by atoms with Gasteiger partial charge in [-0.25, -0.2) is 8.42 Å². The van der Waals surface area contributed by atoms with E-state index in [0.29, 0.717) is 18.0 Å². The second kappa shape index (κ2) is 10.2. The van der Waals surface area contributed by atoms with E-state index in [-0.39, 0.29) is 14.9 Å². The van der Waals surface area contributed by atoms with Crippen molar-refractivity contribution in [1.29, 1.82) is 0 Å². The van der Waals surface area contributed by atoms with Gasteiger partial charge in [0.15, 0.2) is 0 Å². The van der Waals surface area contributed by atoms with Crippen LogP contribution in [0.5, 0.6) is 5.75 Å². The molecule has 3 rings (SSSR count). The molecule has 31 heavy (non-hydrogen) atoms. The predicted octanol–water partition coefficient (Wildman–Crippen LogP) is 4.83. The first-order chi connectivity index (χ1) is 14.8. The third kappa shape index (κ3) is 6.21. The molecule has 9 heteroatoms. The van der Waals surface area contributed by atoms with E-state index in [9.17, 15) is 13.2 Å². The van der Waals surface area contributed by atoms with Gasteiger partial charge in [0.2, 0.25) is 15.9 Å². The molecule has 0 aliphatic carbocycles. The highest BCUT2D eigenvalue weighted by Gasteiger charge is 2.25. The number of benzene rings is 3. The molecule has 0 radical (unpaired) electrons. The van der Waals surface area contributed by atoms with E-state index in [1.54, 1.807) is 24.3 Å². The monoisotopic (exact) mass is 478 g/mol. The number of ether oxygens (including phenoxy) is 1. The number of anilines is 1. The molecule has 0 unspecified atom stereocenters. The number of sulfonamides is 1. The number of rotatable bonds is 8. The van der Waals surface area contributed by atoms with Crippen LogP contribution in [0.25, 0.3) is 0 Å². The Bertz CT molecular complexity index is 1150. The van der Waals surface area contributed by atoms with Gasteiger partial charge in [0.05, 0.1) is 11.6 Å². The lowest BCUT2D eigenvalue weighted by Gasteiger charge is -2.18. The summed E-state index contributed by atoms with van der Waals surface area (Å²) in [5.74, 6) is 0.152. The van der Waals surface area contributed by atoms with Gasteiger partial charge < -0.3 is 10.1 Å². The third-order valence-corrected chi connectivity index (χ3v) is 6.85. The van der Waals surface area contributed by atoms with Crippen molar-refractivity contribution in [3.8, 4) is 5.75 Å². The summed E-state index contributed by atoms with van der Waals surface area (Å²) < 4.78 is 32.0. The molecule has 3 aromatic rings. The minimum atomic E-state index is -3.98. The standard InChI is InChI=1S/C22H20Cl2N2O4S/c1-26(31(28,29)21-13-17(23)7-12-20(21)24)14-22(27)25-18-8-10-19(11-9-18)30-15-16-5-3-2-4-6-16/h2-13H,14-15H2,1H3,(H,25,27). The summed E-state index contributed by atoms with van der Waals surface area (Å²) in [6.45, 7) is 0.0404. The summed E-state index contributed by atoms with van der Waals surface area (Å²) in [4.78, 5) is 12.2. The highest BCUT2D eigenvalue weighted by molar-refractivity contribution is 7.89. The van der Waals surface area contributed by atoms with Gasteiger partial charge in [-0.2, -0.15) is 4.31 Å². The number of nitrogens with one attached hydrogen (secondary N) is 1. The number of halogens is 2. The maximum atomic E-state index is 12.7. The Morgan fingerprint density at radius 1 is 1.00 bits per heavy atom. The largest absolute Gasteiger partial charge is 0.489 e. The summed E-state index contributed by atoms with van der Waals surface area (Å²) in [5, 5.41) is 2.93. The fourth-order valence-corrected chi connectivity index (χ4v) is 4.57. The molecule has 0 saturated heterocycles. The molecule has 0 aliphatic rings. The maximum Gasteiger partial charge on any atom is 0.244 e. The molecule has 0 aromatic heterocycles. The Labute approximate surface area is 191 Å². The Hall–Kier alpha value is -2.58. The summed E-state index contributed by atoms with van der Waals surface area (Å²) in [5.41, 5.74) is 1.56. The van der Waals surface area contributed by atoms with E-state index in [1.807, 2.05) is 30.3 Å². The van der Waals surface area contributed by atoms with Crippen LogP contribution < -0.4 is 10.1 Å². The fourth-order valence-electron chi connectivity index (χ4n) is 2.71. The van der Waals surface area contributed by atoms with Crippen molar-refractivity contribution in [2.24, 2.45) is 0 Å². The van der Waals surface area contributed by atoms with Crippen LogP contribution >= 0.6 is 23.2 Å². The quantitative estimate of drug-likeness (QED) is 0.502. The normalized spacial score (nSPS) is 11.4. The van der Waals surface area contributed by atoms with E-state index < -0.39 is 22.5 Å². The van der Waals surface area contributed by atoms with Crippen LogP contribution in [0.4, 0.5) is 5.69 Å². The number of likely N-dealkylation sites (N-methyl/N-ethyl adjacent to an activating group) is 1. The minimum Gasteiger partial charge on any atom is -0.489 e. The van der Waals surface area contributed by atoms with Crippen molar-refractivity contribution < 1.29 is 17.9 Å². The zero-order chi connectivity index (χ0) is 22.4. The van der Waals surface area contributed by atoms with Crippen molar-refractivity contribution in [1.82, 2.24) is 4.31 Å². The van der Waals surface area contributed by atoms with E-state index >= 15 is 0 Å². The lowest BCUT2D eigenvalue weighted by atomic mass is 10.2. The summed E-state index contributed by atoms with van der Waals surface area (Å²) in [7, 11) is -2.69. The molecule has 0 spiro atoms. The summed E-state index contributed by atoms with van der Waals surface area (Å²) >= 11 is 11.9. The molecule has 3 aromatic carbocycles. The molecule has 0 fully saturated rings. The molecule has 1 amide bonds. The Balaban J connectivity index is 1.58. The topological polar surface area (TPSA) is 75.7 Å². The van der Waals surface area contributed by atoms with Crippen LogP contribution in [0.2, 0.25) is 10.0 Å². The Morgan fingerprint density at radius 2 is 1.68 bits per heavy atom. The van der Waals surface area contributed by atoms with Crippen molar-refractivity contribution in [2.75, 3.05) is 18.9 Å². The molecule has 0 aliphatic heterocycles. The highest BCUT2D eigenvalue weighted by Crippen LogP contribution is 2.27. The Morgan fingerprint density at radius 3 is 2.35 bits per heavy atom. The van der Waals surface area contributed by atoms with Crippen LogP contribution in [0.15, 0.2) is 77.7 Å². The number of carbonyl (C=O) groups excluding carboxylic acids is 1. The van der Waals surface area contributed by atoms with Crippen LogP contribution in [0.1, 0.15) is 5.56 Å². The van der Waals surface area contributed by atoms with Crippen LogP contribution in [-0.2, 0) is 21.4 Å². The highest BCUT2D eigenvalue weighted by atomic mass is 35.5. The number of hydrogen-bond donors (Lipinski definition) is 1. The van der Waals surface area contributed by atoms with Gasteiger partial charge in [0, 0.05) is 17.8 Å².